The maximum atomic E-state index is 12.7. The van der Waals surface area contributed by atoms with Gasteiger partial charge in [0.15, 0.2) is 0 Å². The number of carbonyl (C=O) groups is 1. The van der Waals surface area contributed by atoms with Crippen LogP contribution in [-0.2, 0) is 18.4 Å². The number of nitrogens with one attached hydrogen (secondary N) is 1. The van der Waals surface area contributed by atoms with Crippen molar-refractivity contribution in [2.45, 2.75) is 238 Å². The average Bonchev–Trinajstić information content (AvgIpc) is 3.16. The van der Waals surface area contributed by atoms with Crippen molar-refractivity contribution in [1.82, 2.24) is 5.32 Å². The van der Waals surface area contributed by atoms with Crippen molar-refractivity contribution in [3.63, 3.8) is 0 Å². The smallest absolute Gasteiger partial charge is 0.268 e. The van der Waals surface area contributed by atoms with Gasteiger partial charge in [0.25, 0.3) is 7.82 Å². The van der Waals surface area contributed by atoms with E-state index in [9.17, 15) is 19.4 Å². The van der Waals surface area contributed by atoms with E-state index in [0.29, 0.717) is 23.9 Å². The molecule has 0 aliphatic rings. The first-order valence-electron chi connectivity index (χ1n) is 24.2. The van der Waals surface area contributed by atoms with Gasteiger partial charge in [-0.25, -0.2) is 0 Å². The number of allylic oxidation sites excluding steroid dienone is 4. The number of phosphoric ester groups is 1. The molecule has 8 nitrogen and oxygen atoms in total. The SMILES string of the molecule is CCCCCCC/C=C\C/C=C\CCCCCCCCCCCCCCCCCCCCCC(=O)NC(COP(=O)([O-])OCC[N+](C)(C)C)C(O)CCCCCC. The van der Waals surface area contributed by atoms with Crippen molar-refractivity contribution in [1.29, 1.82) is 0 Å². The van der Waals surface area contributed by atoms with Crippen LogP contribution in [0.2, 0.25) is 0 Å². The standard InChI is InChI=1S/C48H95N2O6P/c1-6-8-10-12-13-14-15-16-17-18-19-20-21-22-23-24-25-26-27-28-29-30-31-32-33-34-35-36-37-38-40-42-48(52)49-46(47(51)41-39-11-9-7-2)45-56-57(53,54)55-44-43-50(3,4)5/h15-16,18-19,46-47,51H,6-14,17,20-45H2,1-5H3,(H-,49,52,53,54)/b16-15-,19-18-. The molecule has 338 valence electrons. The quantitative estimate of drug-likeness (QED) is 0.0274. The van der Waals surface area contributed by atoms with Crippen LogP contribution in [0.1, 0.15) is 226 Å². The number of aliphatic hydroxyl groups is 1. The number of hydrogen-bond acceptors (Lipinski definition) is 6. The number of aliphatic hydroxyl groups excluding tert-OH is 1. The minimum absolute atomic E-state index is 0.0125. The lowest BCUT2D eigenvalue weighted by Gasteiger charge is -2.30. The van der Waals surface area contributed by atoms with Gasteiger partial charge in [-0.05, 0) is 44.9 Å². The molecule has 0 aromatic heterocycles. The minimum Gasteiger partial charge on any atom is -0.756 e. The van der Waals surface area contributed by atoms with Crippen LogP contribution >= 0.6 is 7.82 Å². The third kappa shape index (κ3) is 42.9. The molecule has 0 spiro atoms. The molecule has 0 saturated carbocycles. The number of likely N-dealkylation sites (N-methyl/N-ethyl adjacent to an activating group) is 1. The van der Waals surface area contributed by atoms with Crippen molar-refractivity contribution in [3.8, 4) is 0 Å². The van der Waals surface area contributed by atoms with E-state index in [1.165, 1.54) is 148 Å². The topological polar surface area (TPSA) is 108 Å². The zero-order chi connectivity index (χ0) is 42.1. The van der Waals surface area contributed by atoms with E-state index in [2.05, 4.69) is 43.5 Å². The third-order valence-corrected chi connectivity index (χ3v) is 11.9. The van der Waals surface area contributed by atoms with Crippen LogP contribution in [0.15, 0.2) is 24.3 Å². The zero-order valence-corrected chi connectivity index (χ0v) is 39.2. The highest BCUT2D eigenvalue weighted by atomic mass is 31.2. The number of carbonyl (C=O) groups excluding carboxylic acids is 1. The second-order valence-corrected chi connectivity index (χ2v) is 19.2. The van der Waals surface area contributed by atoms with E-state index >= 15 is 0 Å². The highest BCUT2D eigenvalue weighted by molar-refractivity contribution is 7.45. The summed E-state index contributed by atoms with van der Waals surface area (Å²) in [7, 11) is 1.30. The number of quaternary nitrogens is 1. The van der Waals surface area contributed by atoms with Crippen molar-refractivity contribution in [2.75, 3.05) is 40.9 Å². The predicted molar refractivity (Wildman–Crippen MR) is 242 cm³/mol. The fraction of sp³-hybridized carbons (Fsp3) is 0.896. The van der Waals surface area contributed by atoms with Crippen molar-refractivity contribution in [2.24, 2.45) is 0 Å². The fourth-order valence-corrected chi connectivity index (χ4v) is 7.79. The Morgan fingerprint density at radius 2 is 1.02 bits per heavy atom. The summed E-state index contributed by atoms with van der Waals surface area (Å²) in [5, 5.41) is 13.6. The Morgan fingerprint density at radius 3 is 1.46 bits per heavy atom. The first kappa shape index (κ1) is 56.0. The summed E-state index contributed by atoms with van der Waals surface area (Å²) >= 11 is 0. The Kier molecular flexibility index (Phi) is 39.7. The Bertz CT molecular complexity index is 984. The van der Waals surface area contributed by atoms with Crippen LogP contribution in [0.5, 0.6) is 0 Å². The van der Waals surface area contributed by atoms with Crippen LogP contribution in [-0.4, -0.2) is 68.5 Å². The van der Waals surface area contributed by atoms with Gasteiger partial charge in [0.05, 0.1) is 39.9 Å². The summed E-state index contributed by atoms with van der Waals surface area (Å²) < 4.78 is 23.0. The number of unbranched alkanes of at least 4 members (excludes halogenated alkanes) is 27. The summed E-state index contributed by atoms with van der Waals surface area (Å²) in [5.41, 5.74) is 0. The van der Waals surface area contributed by atoms with Gasteiger partial charge in [0.1, 0.15) is 13.2 Å². The summed E-state index contributed by atoms with van der Waals surface area (Å²) in [6, 6.07) is -0.793. The van der Waals surface area contributed by atoms with Crippen molar-refractivity contribution < 1.29 is 32.9 Å². The minimum atomic E-state index is -4.54. The maximum absolute atomic E-state index is 12.7. The van der Waals surface area contributed by atoms with Gasteiger partial charge in [-0.3, -0.25) is 9.36 Å². The Hall–Kier alpha value is -1.02. The van der Waals surface area contributed by atoms with Crippen molar-refractivity contribution >= 4 is 13.7 Å². The first-order chi connectivity index (χ1) is 27.5. The summed E-state index contributed by atoms with van der Waals surface area (Å²) in [6.45, 7) is 4.59. The van der Waals surface area contributed by atoms with Crippen LogP contribution in [0.25, 0.3) is 0 Å². The van der Waals surface area contributed by atoms with Crippen LogP contribution < -0.4 is 10.2 Å². The number of phosphoric acid groups is 1. The van der Waals surface area contributed by atoms with E-state index in [1.54, 1.807) is 0 Å². The fourth-order valence-electron chi connectivity index (χ4n) is 7.07. The molecule has 0 bridgehead atoms. The number of hydrogen-bond donors (Lipinski definition) is 2. The van der Waals surface area contributed by atoms with E-state index in [0.717, 1.165) is 51.4 Å². The molecule has 0 aliphatic heterocycles. The van der Waals surface area contributed by atoms with E-state index in [1.807, 2.05) is 21.1 Å². The summed E-state index contributed by atoms with van der Waals surface area (Å²) in [6.07, 6.45) is 48.5. The molecule has 0 heterocycles. The molecule has 0 saturated heterocycles. The molecule has 0 aromatic rings. The van der Waals surface area contributed by atoms with Crippen LogP contribution in [0.4, 0.5) is 0 Å². The molecule has 1 amide bonds. The highest BCUT2D eigenvalue weighted by Gasteiger charge is 2.24. The molecule has 0 rings (SSSR count). The van der Waals surface area contributed by atoms with Gasteiger partial charge >= 0.3 is 0 Å². The number of amides is 1. The van der Waals surface area contributed by atoms with Gasteiger partial charge in [0, 0.05) is 6.42 Å². The van der Waals surface area contributed by atoms with Gasteiger partial charge in [0.2, 0.25) is 5.91 Å². The molecular formula is C48H95N2O6P. The molecular weight excluding hydrogens is 732 g/mol. The molecule has 2 N–H and O–H groups in total. The molecule has 0 fully saturated rings. The lowest BCUT2D eigenvalue weighted by atomic mass is 10.0. The summed E-state index contributed by atoms with van der Waals surface area (Å²) in [4.78, 5) is 25.1. The maximum Gasteiger partial charge on any atom is 0.268 e. The molecule has 9 heteroatoms. The monoisotopic (exact) mass is 827 g/mol. The first-order valence-corrected chi connectivity index (χ1v) is 25.6. The normalized spacial score (nSPS) is 14.4. The van der Waals surface area contributed by atoms with E-state index in [-0.39, 0.29) is 19.1 Å². The molecule has 0 aromatic carbocycles. The molecule has 0 radical (unpaired) electrons. The van der Waals surface area contributed by atoms with Gasteiger partial charge in [-0.15, -0.1) is 0 Å². The summed E-state index contributed by atoms with van der Waals surface area (Å²) in [5.74, 6) is -0.171. The van der Waals surface area contributed by atoms with Gasteiger partial charge in [-0.1, -0.05) is 199 Å². The Morgan fingerprint density at radius 1 is 0.614 bits per heavy atom. The number of rotatable bonds is 44. The molecule has 3 atom stereocenters. The van der Waals surface area contributed by atoms with Gasteiger partial charge in [-0.2, -0.15) is 0 Å². The van der Waals surface area contributed by atoms with Crippen LogP contribution in [0.3, 0.4) is 0 Å². The molecule has 57 heavy (non-hydrogen) atoms. The number of nitrogens with zero attached hydrogens (tertiary/aromatic N) is 1. The Labute approximate surface area is 354 Å². The lowest BCUT2D eigenvalue weighted by Crippen LogP contribution is -2.46. The van der Waals surface area contributed by atoms with E-state index in [4.69, 9.17) is 9.05 Å². The predicted octanol–water partition coefficient (Wildman–Crippen LogP) is 13.1. The lowest BCUT2D eigenvalue weighted by molar-refractivity contribution is -0.870. The largest absolute Gasteiger partial charge is 0.756 e. The molecule has 3 unspecified atom stereocenters. The molecule has 0 aliphatic carbocycles. The average molecular weight is 827 g/mol. The zero-order valence-electron chi connectivity index (χ0n) is 38.3. The second-order valence-electron chi connectivity index (χ2n) is 17.8. The van der Waals surface area contributed by atoms with Crippen molar-refractivity contribution in [3.05, 3.63) is 24.3 Å². The second kappa shape index (κ2) is 40.4. The highest BCUT2D eigenvalue weighted by Crippen LogP contribution is 2.38. The van der Waals surface area contributed by atoms with E-state index < -0.39 is 20.0 Å². The van der Waals surface area contributed by atoms with Crippen LogP contribution in [0, 0.1) is 0 Å². The van der Waals surface area contributed by atoms with Gasteiger partial charge < -0.3 is 28.8 Å². The Balaban J connectivity index is 3.77. The third-order valence-electron chi connectivity index (χ3n) is 10.9.